The van der Waals surface area contributed by atoms with Gasteiger partial charge in [-0.3, -0.25) is 9.59 Å². The van der Waals surface area contributed by atoms with Crippen LogP contribution in [-0.2, 0) is 0 Å². The molecule has 102 valence electrons. The Kier molecular flexibility index (Phi) is 4.10. The highest BCUT2D eigenvalue weighted by molar-refractivity contribution is 6.30. The van der Waals surface area contributed by atoms with Gasteiger partial charge >= 0.3 is 0 Å². The number of aldehydes is 1. The predicted octanol–water partition coefficient (Wildman–Crippen LogP) is 3.68. The summed E-state index contributed by atoms with van der Waals surface area (Å²) in [6, 6.07) is 7.40. The molecule has 0 aliphatic heterocycles. The average molecular weight is 296 g/mol. The van der Waals surface area contributed by atoms with E-state index in [1.807, 2.05) is 0 Å². The number of carbonyl (C=O) groups excluding carboxylic acids is 2. The van der Waals surface area contributed by atoms with Gasteiger partial charge in [0, 0.05) is 11.3 Å². The summed E-state index contributed by atoms with van der Waals surface area (Å²) in [5.41, 5.74) is 0.341. The van der Waals surface area contributed by atoms with Crippen molar-refractivity contribution in [2.75, 3.05) is 5.32 Å². The Hall–Kier alpha value is -2.27. The molecule has 0 bridgehead atoms. The van der Waals surface area contributed by atoms with Crippen molar-refractivity contribution in [3.8, 4) is 0 Å². The van der Waals surface area contributed by atoms with Crippen LogP contribution in [-0.4, -0.2) is 12.2 Å². The smallest absolute Gasteiger partial charge is 0.258 e. The zero-order valence-corrected chi connectivity index (χ0v) is 10.7. The molecule has 0 aliphatic carbocycles. The topological polar surface area (TPSA) is 46.2 Å². The van der Waals surface area contributed by atoms with Gasteiger partial charge in [-0.25, -0.2) is 8.78 Å². The number of rotatable bonds is 3. The summed E-state index contributed by atoms with van der Waals surface area (Å²) in [5.74, 6) is -2.61. The normalized spacial score (nSPS) is 10.2. The molecule has 0 spiro atoms. The molecule has 1 amide bonds. The molecule has 0 saturated carbocycles. The maximum Gasteiger partial charge on any atom is 0.258 e. The lowest BCUT2D eigenvalue weighted by Gasteiger charge is -2.07. The predicted molar refractivity (Wildman–Crippen MR) is 71.2 cm³/mol. The van der Waals surface area contributed by atoms with E-state index in [9.17, 15) is 18.4 Å². The third-order valence-corrected chi connectivity index (χ3v) is 2.85. The number of hydrogen-bond acceptors (Lipinski definition) is 2. The summed E-state index contributed by atoms with van der Waals surface area (Å²) >= 11 is 5.40. The van der Waals surface area contributed by atoms with Crippen molar-refractivity contribution < 1.29 is 18.4 Å². The van der Waals surface area contributed by atoms with E-state index in [2.05, 4.69) is 5.32 Å². The molecule has 2 rings (SSSR count). The third kappa shape index (κ3) is 3.00. The Morgan fingerprint density at radius 1 is 1.10 bits per heavy atom. The van der Waals surface area contributed by atoms with Crippen molar-refractivity contribution in [3.05, 3.63) is 64.2 Å². The summed E-state index contributed by atoms with van der Waals surface area (Å²) in [6.07, 6.45) is 0.653. The van der Waals surface area contributed by atoms with Crippen LogP contribution in [0.1, 0.15) is 20.7 Å². The largest absolute Gasteiger partial charge is 0.322 e. The van der Waals surface area contributed by atoms with Gasteiger partial charge in [-0.05, 0) is 36.4 Å². The number of hydrogen-bond donors (Lipinski definition) is 1. The minimum absolute atomic E-state index is 0.357. The van der Waals surface area contributed by atoms with E-state index >= 15 is 0 Å². The van der Waals surface area contributed by atoms with Gasteiger partial charge in [0.2, 0.25) is 0 Å². The van der Waals surface area contributed by atoms with E-state index in [0.717, 1.165) is 12.1 Å². The Labute approximate surface area is 118 Å². The lowest BCUT2D eigenvalue weighted by atomic mass is 10.1. The molecule has 0 atom stereocenters. The van der Waals surface area contributed by atoms with E-state index in [0.29, 0.717) is 17.5 Å². The van der Waals surface area contributed by atoms with Gasteiger partial charge in [-0.15, -0.1) is 0 Å². The minimum atomic E-state index is -0.918. The fourth-order valence-electron chi connectivity index (χ4n) is 1.54. The number of nitrogens with one attached hydrogen (secondary N) is 1. The van der Waals surface area contributed by atoms with Crippen molar-refractivity contribution in [2.24, 2.45) is 0 Å². The Morgan fingerprint density at radius 2 is 1.75 bits per heavy atom. The van der Waals surface area contributed by atoms with Crippen molar-refractivity contribution in [2.45, 2.75) is 0 Å². The highest BCUT2D eigenvalue weighted by atomic mass is 35.5. The molecule has 0 saturated heterocycles. The van der Waals surface area contributed by atoms with Crippen LogP contribution in [0.2, 0.25) is 5.02 Å². The zero-order valence-electron chi connectivity index (χ0n) is 9.99. The summed E-state index contributed by atoms with van der Waals surface area (Å²) < 4.78 is 26.8. The van der Waals surface area contributed by atoms with Crippen LogP contribution >= 0.6 is 11.6 Å². The zero-order chi connectivity index (χ0) is 14.7. The van der Waals surface area contributed by atoms with Crippen molar-refractivity contribution in [3.63, 3.8) is 0 Å². The van der Waals surface area contributed by atoms with Crippen LogP contribution in [0.5, 0.6) is 0 Å². The van der Waals surface area contributed by atoms with Crippen LogP contribution in [0.3, 0.4) is 0 Å². The van der Waals surface area contributed by atoms with Crippen LogP contribution < -0.4 is 5.32 Å². The summed E-state index contributed by atoms with van der Waals surface area (Å²) in [5, 5.41) is 2.00. The Morgan fingerprint density at radius 3 is 2.35 bits per heavy atom. The van der Waals surface area contributed by atoms with Gasteiger partial charge in [0.25, 0.3) is 5.91 Å². The maximum absolute atomic E-state index is 13.5. The molecule has 2 aromatic carbocycles. The SMILES string of the molecule is O=Cc1ccc(NC(=O)c2cc(F)c(Cl)cc2F)cc1. The second kappa shape index (κ2) is 5.79. The summed E-state index contributed by atoms with van der Waals surface area (Å²) in [7, 11) is 0. The second-order valence-electron chi connectivity index (χ2n) is 3.94. The molecule has 2 aromatic rings. The fourth-order valence-corrected chi connectivity index (χ4v) is 1.69. The Bertz CT molecular complexity index is 672. The highest BCUT2D eigenvalue weighted by Crippen LogP contribution is 2.20. The van der Waals surface area contributed by atoms with E-state index in [1.165, 1.54) is 24.3 Å². The van der Waals surface area contributed by atoms with E-state index in [1.54, 1.807) is 0 Å². The second-order valence-corrected chi connectivity index (χ2v) is 4.35. The van der Waals surface area contributed by atoms with E-state index in [4.69, 9.17) is 11.6 Å². The molecule has 0 fully saturated rings. The average Bonchev–Trinajstić information content (AvgIpc) is 2.43. The molecule has 0 aromatic heterocycles. The van der Waals surface area contributed by atoms with Crippen LogP contribution in [0, 0.1) is 11.6 Å². The number of benzene rings is 2. The van der Waals surface area contributed by atoms with Gasteiger partial charge in [-0.1, -0.05) is 11.6 Å². The van der Waals surface area contributed by atoms with Gasteiger partial charge < -0.3 is 5.32 Å². The lowest BCUT2D eigenvalue weighted by molar-refractivity contribution is 0.102. The van der Waals surface area contributed by atoms with E-state index < -0.39 is 28.1 Å². The monoisotopic (exact) mass is 295 g/mol. The molecule has 1 N–H and O–H groups in total. The molecule has 6 heteroatoms. The molecule has 0 radical (unpaired) electrons. The summed E-state index contributed by atoms with van der Waals surface area (Å²) in [6.45, 7) is 0. The lowest BCUT2D eigenvalue weighted by Crippen LogP contribution is -2.14. The van der Waals surface area contributed by atoms with Crippen LogP contribution in [0.15, 0.2) is 36.4 Å². The molecular formula is C14H8ClF2NO2. The van der Waals surface area contributed by atoms with Crippen molar-refractivity contribution >= 4 is 29.5 Å². The summed E-state index contributed by atoms with van der Waals surface area (Å²) in [4.78, 5) is 22.3. The Balaban J connectivity index is 2.23. The first-order valence-electron chi connectivity index (χ1n) is 5.52. The standard InChI is InChI=1S/C14H8ClF2NO2/c15-11-6-12(16)10(5-13(11)17)14(20)18-9-3-1-8(7-19)2-4-9/h1-7H,(H,18,20). The number of anilines is 1. The fraction of sp³-hybridized carbons (Fsp3) is 0. The molecule has 3 nitrogen and oxygen atoms in total. The van der Waals surface area contributed by atoms with Gasteiger partial charge in [0.15, 0.2) is 0 Å². The van der Waals surface area contributed by atoms with Gasteiger partial charge in [-0.2, -0.15) is 0 Å². The molecular weight excluding hydrogens is 288 g/mol. The molecule has 20 heavy (non-hydrogen) atoms. The highest BCUT2D eigenvalue weighted by Gasteiger charge is 2.15. The molecule has 0 heterocycles. The van der Waals surface area contributed by atoms with Crippen molar-refractivity contribution in [1.29, 1.82) is 0 Å². The van der Waals surface area contributed by atoms with Crippen molar-refractivity contribution in [1.82, 2.24) is 0 Å². The third-order valence-electron chi connectivity index (χ3n) is 2.56. The number of halogens is 3. The first-order chi connectivity index (χ1) is 9.51. The van der Waals surface area contributed by atoms with Gasteiger partial charge in [0.05, 0.1) is 10.6 Å². The first kappa shape index (κ1) is 14.1. The maximum atomic E-state index is 13.5. The van der Waals surface area contributed by atoms with Gasteiger partial charge in [0.1, 0.15) is 17.9 Å². The molecule has 0 aliphatic rings. The number of carbonyl (C=O) groups is 2. The first-order valence-corrected chi connectivity index (χ1v) is 5.90. The van der Waals surface area contributed by atoms with Crippen LogP contribution in [0.25, 0.3) is 0 Å². The van der Waals surface area contributed by atoms with E-state index in [-0.39, 0.29) is 0 Å². The minimum Gasteiger partial charge on any atom is -0.322 e. The van der Waals surface area contributed by atoms with Crippen LogP contribution in [0.4, 0.5) is 14.5 Å². The molecule has 0 unspecified atom stereocenters. The quantitative estimate of drug-likeness (QED) is 0.693. The number of amides is 1.